The lowest BCUT2D eigenvalue weighted by molar-refractivity contribution is 0.831. The van der Waals surface area contributed by atoms with Crippen LogP contribution in [0.4, 0.5) is 0 Å². The highest BCUT2D eigenvalue weighted by molar-refractivity contribution is 7.15. The summed E-state index contributed by atoms with van der Waals surface area (Å²) in [5, 5.41) is 4.47. The molecule has 0 atom stereocenters. The molecular weight excluding hydrogens is 261 g/mol. The molecule has 1 nitrogen and oxygen atoms in total. The van der Waals surface area contributed by atoms with E-state index in [2.05, 4.69) is 17.4 Å². The first-order valence-corrected chi connectivity index (χ1v) is 6.46. The first-order chi connectivity index (χ1) is 7.69. The lowest BCUT2D eigenvalue weighted by Gasteiger charge is -2.00. The van der Waals surface area contributed by atoms with Gasteiger partial charge in [0.2, 0.25) is 0 Å². The third-order valence-electron chi connectivity index (χ3n) is 2.16. The fraction of sp³-hybridized carbons (Fsp3) is 0.167. The van der Waals surface area contributed by atoms with Crippen molar-refractivity contribution >= 4 is 34.5 Å². The number of halogens is 2. The van der Waals surface area contributed by atoms with E-state index in [0.717, 1.165) is 12.1 Å². The van der Waals surface area contributed by atoms with Gasteiger partial charge in [-0.05, 0) is 42.9 Å². The van der Waals surface area contributed by atoms with Crippen LogP contribution >= 0.6 is 34.5 Å². The molecule has 0 aliphatic heterocycles. The van der Waals surface area contributed by atoms with Crippen LogP contribution in [0.3, 0.4) is 0 Å². The monoisotopic (exact) mass is 271 g/mol. The molecule has 0 unspecified atom stereocenters. The number of rotatable bonds is 3. The van der Waals surface area contributed by atoms with E-state index in [1.807, 2.05) is 19.2 Å². The van der Waals surface area contributed by atoms with Gasteiger partial charge in [-0.3, -0.25) is 0 Å². The quantitative estimate of drug-likeness (QED) is 0.870. The Morgan fingerprint density at radius 2 is 1.81 bits per heavy atom. The Bertz CT molecular complexity index is 473. The lowest BCUT2D eigenvalue weighted by Crippen LogP contribution is -2.02. The van der Waals surface area contributed by atoms with Crippen LogP contribution in [0.5, 0.6) is 0 Å². The van der Waals surface area contributed by atoms with Gasteiger partial charge in [-0.2, -0.15) is 0 Å². The predicted molar refractivity (Wildman–Crippen MR) is 72.5 cm³/mol. The largest absolute Gasteiger partial charge is 0.315 e. The molecule has 0 bridgehead atoms. The van der Waals surface area contributed by atoms with Crippen LogP contribution in [0.25, 0.3) is 10.4 Å². The van der Waals surface area contributed by atoms with E-state index in [0.29, 0.717) is 10.0 Å². The van der Waals surface area contributed by atoms with Crippen molar-refractivity contribution in [2.45, 2.75) is 6.54 Å². The van der Waals surface area contributed by atoms with Crippen molar-refractivity contribution in [2.75, 3.05) is 7.05 Å². The molecule has 0 aliphatic carbocycles. The van der Waals surface area contributed by atoms with E-state index in [4.69, 9.17) is 23.2 Å². The summed E-state index contributed by atoms with van der Waals surface area (Å²) < 4.78 is 0. The molecule has 16 heavy (non-hydrogen) atoms. The van der Waals surface area contributed by atoms with Crippen LogP contribution in [0.15, 0.2) is 30.3 Å². The molecule has 1 aromatic carbocycles. The minimum absolute atomic E-state index is 0.672. The van der Waals surface area contributed by atoms with Crippen molar-refractivity contribution in [1.29, 1.82) is 0 Å². The van der Waals surface area contributed by atoms with Gasteiger partial charge < -0.3 is 5.32 Å². The van der Waals surface area contributed by atoms with Crippen LogP contribution in [-0.2, 0) is 6.54 Å². The summed E-state index contributed by atoms with van der Waals surface area (Å²) in [4.78, 5) is 2.49. The van der Waals surface area contributed by atoms with Crippen LogP contribution in [0, 0.1) is 0 Å². The van der Waals surface area contributed by atoms with Gasteiger partial charge in [-0.1, -0.05) is 23.2 Å². The first-order valence-electron chi connectivity index (χ1n) is 4.89. The highest BCUT2D eigenvalue weighted by atomic mass is 35.5. The molecule has 0 saturated heterocycles. The molecule has 0 saturated carbocycles. The third-order valence-corrected chi connectivity index (χ3v) is 3.73. The summed E-state index contributed by atoms with van der Waals surface area (Å²) in [6.07, 6.45) is 0. The molecule has 84 valence electrons. The maximum Gasteiger partial charge on any atom is 0.0427 e. The fourth-order valence-electron chi connectivity index (χ4n) is 1.50. The maximum absolute atomic E-state index is 5.98. The molecular formula is C12H11Cl2NS. The summed E-state index contributed by atoms with van der Waals surface area (Å²) in [6.45, 7) is 0.888. The second-order valence-electron chi connectivity index (χ2n) is 3.45. The van der Waals surface area contributed by atoms with Gasteiger partial charge in [-0.15, -0.1) is 11.3 Å². The summed E-state index contributed by atoms with van der Waals surface area (Å²) in [5.41, 5.74) is 1.07. The summed E-state index contributed by atoms with van der Waals surface area (Å²) in [5.74, 6) is 0. The number of hydrogen-bond acceptors (Lipinski definition) is 2. The van der Waals surface area contributed by atoms with Crippen LogP contribution in [0.2, 0.25) is 10.0 Å². The van der Waals surface area contributed by atoms with E-state index in [1.54, 1.807) is 17.4 Å². The smallest absolute Gasteiger partial charge is 0.0427 e. The lowest BCUT2D eigenvalue weighted by atomic mass is 10.2. The maximum atomic E-state index is 5.98. The normalized spacial score (nSPS) is 10.7. The number of hydrogen-bond donors (Lipinski definition) is 1. The zero-order valence-electron chi connectivity index (χ0n) is 8.76. The molecule has 0 aliphatic rings. The van der Waals surface area contributed by atoms with Crippen molar-refractivity contribution in [3.8, 4) is 10.4 Å². The van der Waals surface area contributed by atoms with E-state index >= 15 is 0 Å². The molecule has 0 fully saturated rings. The highest BCUT2D eigenvalue weighted by Gasteiger charge is 2.04. The first kappa shape index (κ1) is 11.9. The minimum Gasteiger partial charge on any atom is -0.315 e. The molecule has 0 amide bonds. The van der Waals surface area contributed by atoms with Crippen molar-refractivity contribution in [2.24, 2.45) is 0 Å². The third kappa shape index (κ3) is 2.77. The Hall–Kier alpha value is -0.540. The van der Waals surface area contributed by atoms with E-state index < -0.39 is 0 Å². The van der Waals surface area contributed by atoms with Gasteiger partial charge in [0.15, 0.2) is 0 Å². The average Bonchev–Trinajstić information content (AvgIpc) is 2.65. The molecule has 0 spiro atoms. The van der Waals surface area contributed by atoms with Gasteiger partial charge in [0, 0.05) is 26.3 Å². The van der Waals surface area contributed by atoms with Crippen molar-refractivity contribution in [3.63, 3.8) is 0 Å². The van der Waals surface area contributed by atoms with Crippen LogP contribution < -0.4 is 5.32 Å². The number of thiophene rings is 1. The van der Waals surface area contributed by atoms with Gasteiger partial charge in [-0.25, -0.2) is 0 Å². The molecule has 1 aromatic heterocycles. The van der Waals surface area contributed by atoms with Crippen molar-refractivity contribution in [1.82, 2.24) is 5.32 Å². The Kier molecular flexibility index (Phi) is 3.87. The zero-order valence-corrected chi connectivity index (χ0v) is 11.1. The molecule has 1 heterocycles. The summed E-state index contributed by atoms with van der Waals surface area (Å²) in [7, 11) is 1.94. The van der Waals surface area contributed by atoms with Gasteiger partial charge >= 0.3 is 0 Å². The molecule has 2 aromatic rings. The standard InChI is InChI=1S/C12H11Cl2NS/c1-15-7-11-2-3-12(16-11)8-4-9(13)6-10(14)5-8/h2-6,15H,7H2,1H3. The zero-order chi connectivity index (χ0) is 11.5. The molecule has 0 radical (unpaired) electrons. The fourth-order valence-corrected chi connectivity index (χ4v) is 3.03. The summed E-state index contributed by atoms with van der Waals surface area (Å²) in [6, 6.07) is 9.82. The highest BCUT2D eigenvalue weighted by Crippen LogP contribution is 2.32. The Balaban J connectivity index is 2.34. The van der Waals surface area contributed by atoms with Crippen molar-refractivity contribution < 1.29 is 0 Å². The topological polar surface area (TPSA) is 12.0 Å². The predicted octanol–water partition coefficient (Wildman–Crippen LogP) is 4.44. The SMILES string of the molecule is CNCc1ccc(-c2cc(Cl)cc(Cl)c2)s1. The van der Waals surface area contributed by atoms with E-state index in [-0.39, 0.29) is 0 Å². The molecule has 4 heteroatoms. The minimum atomic E-state index is 0.672. The average molecular weight is 272 g/mol. The Morgan fingerprint density at radius 3 is 2.44 bits per heavy atom. The van der Waals surface area contributed by atoms with Gasteiger partial charge in [0.1, 0.15) is 0 Å². The Morgan fingerprint density at radius 1 is 1.12 bits per heavy atom. The number of benzene rings is 1. The second kappa shape index (κ2) is 5.19. The molecule has 2 rings (SSSR count). The molecule has 1 N–H and O–H groups in total. The van der Waals surface area contributed by atoms with Gasteiger partial charge in [0.25, 0.3) is 0 Å². The van der Waals surface area contributed by atoms with Gasteiger partial charge in [0.05, 0.1) is 0 Å². The van der Waals surface area contributed by atoms with Crippen molar-refractivity contribution in [3.05, 3.63) is 45.3 Å². The number of nitrogens with one attached hydrogen (secondary N) is 1. The van der Waals surface area contributed by atoms with E-state index in [1.165, 1.54) is 9.75 Å². The summed E-state index contributed by atoms with van der Waals surface area (Å²) >= 11 is 13.7. The van der Waals surface area contributed by atoms with Crippen LogP contribution in [-0.4, -0.2) is 7.05 Å². The second-order valence-corrected chi connectivity index (χ2v) is 5.50. The van der Waals surface area contributed by atoms with Crippen LogP contribution in [0.1, 0.15) is 4.88 Å². The van der Waals surface area contributed by atoms with E-state index in [9.17, 15) is 0 Å². The Labute approximate surface area is 109 Å².